The molecule has 0 atom stereocenters. The molecule has 0 aliphatic heterocycles. The van der Waals surface area contributed by atoms with E-state index in [4.69, 9.17) is 4.74 Å². The monoisotopic (exact) mass is 333 g/mol. The Morgan fingerprint density at radius 3 is 2.59 bits per heavy atom. The Labute approximate surface area is 139 Å². The lowest BCUT2D eigenvalue weighted by Crippen LogP contribution is -2.13. The summed E-state index contributed by atoms with van der Waals surface area (Å²) >= 11 is 3.17. The highest BCUT2D eigenvalue weighted by Crippen LogP contribution is 2.22. The van der Waals surface area contributed by atoms with Crippen molar-refractivity contribution in [3.63, 3.8) is 0 Å². The molecule has 0 radical (unpaired) electrons. The third kappa shape index (κ3) is 5.31. The second kappa shape index (κ2) is 8.76. The van der Waals surface area contributed by atoms with Crippen molar-refractivity contribution >= 4 is 35.1 Å². The third-order valence-corrected chi connectivity index (χ3v) is 4.60. The average Bonchev–Trinajstić information content (AvgIpc) is 2.55. The smallest absolute Gasteiger partial charge is 0.234 e. The van der Waals surface area contributed by atoms with Gasteiger partial charge in [0.1, 0.15) is 5.75 Å². The van der Waals surface area contributed by atoms with Gasteiger partial charge in [-0.15, -0.1) is 23.5 Å². The molecule has 2 rings (SSSR count). The zero-order valence-corrected chi connectivity index (χ0v) is 14.3. The minimum atomic E-state index is -0.00265. The molecule has 0 aromatic heterocycles. The number of thioether (sulfide) groups is 2. The topological polar surface area (TPSA) is 38.3 Å². The number of ether oxygens (including phenoxy) is 1. The second-order valence-corrected chi connectivity index (χ2v) is 6.40. The lowest BCUT2D eigenvalue weighted by atomic mass is 10.3. The fourth-order valence-corrected chi connectivity index (χ4v) is 3.00. The number of carbonyl (C=O) groups is 1. The minimum Gasteiger partial charge on any atom is -0.494 e. The maximum Gasteiger partial charge on any atom is 0.234 e. The number of carbonyl (C=O) groups excluding carboxylic acids is 1. The van der Waals surface area contributed by atoms with Crippen molar-refractivity contribution in [3.8, 4) is 5.75 Å². The van der Waals surface area contributed by atoms with Crippen molar-refractivity contribution in [1.82, 2.24) is 0 Å². The van der Waals surface area contributed by atoms with E-state index in [1.54, 1.807) is 11.8 Å². The highest BCUT2D eigenvalue weighted by Gasteiger charge is 2.04. The predicted octanol–water partition coefficient (Wildman–Crippen LogP) is 4.54. The van der Waals surface area contributed by atoms with E-state index in [0.29, 0.717) is 12.4 Å². The molecule has 0 bridgehead atoms. The van der Waals surface area contributed by atoms with Crippen LogP contribution in [0.1, 0.15) is 6.92 Å². The third-order valence-electron chi connectivity index (χ3n) is 2.86. The molecule has 0 spiro atoms. The lowest BCUT2D eigenvalue weighted by Gasteiger charge is -2.07. The molecule has 22 heavy (non-hydrogen) atoms. The normalized spacial score (nSPS) is 10.3. The molecule has 0 aliphatic rings. The van der Waals surface area contributed by atoms with Crippen molar-refractivity contribution in [2.45, 2.75) is 16.7 Å². The van der Waals surface area contributed by atoms with Gasteiger partial charge in [-0.3, -0.25) is 4.79 Å². The van der Waals surface area contributed by atoms with Gasteiger partial charge in [0.2, 0.25) is 5.91 Å². The van der Waals surface area contributed by atoms with Crippen LogP contribution >= 0.6 is 23.5 Å². The molecule has 1 amide bonds. The highest BCUT2D eigenvalue weighted by atomic mass is 32.2. The molecule has 0 aliphatic carbocycles. The maximum atomic E-state index is 12.0. The summed E-state index contributed by atoms with van der Waals surface area (Å²) in [4.78, 5) is 14.2. The molecular weight excluding hydrogens is 314 g/mol. The van der Waals surface area contributed by atoms with Gasteiger partial charge in [0.15, 0.2) is 0 Å². The Hall–Kier alpha value is -1.59. The van der Waals surface area contributed by atoms with Gasteiger partial charge in [0.05, 0.1) is 12.4 Å². The molecule has 0 unspecified atom stereocenters. The van der Waals surface area contributed by atoms with E-state index in [-0.39, 0.29) is 5.91 Å². The maximum absolute atomic E-state index is 12.0. The Morgan fingerprint density at radius 1 is 1.14 bits per heavy atom. The summed E-state index contributed by atoms with van der Waals surface area (Å²) in [6.45, 7) is 2.61. The van der Waals surface area contributed by atoms with Crippen LogP contribution in [0, 0.1) is 0 Å². The molecule has 0 fully saturated rings. The van der Waals surface area contributed by atoms with Crippen LogP contribution < -0.4 is 10.1 Å². The van der Waals surface area contributed by atoms with Crippen LogP contribution in [0.25, 0.3) is 0 Å². The van der Waals surface area contributed by atoms with Crippen molar-refractivity contribution < 1.29 is 9.53 Å². The standard InChI is InChI=1S/C17H19NO2S2/c1-3-20-14-7-9-15(10-8-14)22-12-17(19)18-13-5-4-6-16(11-13)21-2/h4-11H,3,12H2,1-2H3,(H,18,19). The summed E-state index contributed by atoms with van der Waals surface area (Å²) in [6.07, 6.45) is 2.02. The molecule has 5 heteroatoms. The fraction of sp³-hybridized carbons (Fsp3) is 0.235. The first-order valence-electron chi connectivity index (χ1n) is 7.01. The first-order chi connectivity index (χ1) is 10.7. The first kappa shape index (κ1) is 16.8. The zero-order valence-electron chi connectivity index (χ0n) is 12.7. The molecule has 0 saturated heterocycles. The molecule has 2 aromatic carbocycles. The van der Waals surface area contributed by atoms with E-state index in [9.17, 15) is 4.79 Å². The van der Waals surface area contributed by atoms with Crippen LogP contribution in [0.5, 0.6) is 5.75 Å². The Kier molecular flexibility index (Phi) is 6.68. The Balaban J connectivity index is 1.84. The second-order valence-electron chi connectivity index (χ2n) is 4.47. The largest absolute Gasteiger partial charge is 0.494 e. The van der Waals surface area contributed by atoms with Crippen LogP contribution in [0.2, 0.25) is 0 Å². The van der Waals surface area contributed by atoms with Gasteiger partial charge in [0, 0.05) is 15.5 Å². The average molecular weight is 333 g/mol. The SMILES string of the molecule is CCOc1ccc(SCC(=O)Nc2cccc(SC)c2)cc1. The van der Waals surface area contributed by atoms with Gasteiger partial charge in [0.25, 0.3) is 0 Å². The van der Waals surface area contributed by atoms with Gasteiger partial charge in [-0.25, -0.2) is 0 Å². The fourth-order valence-electron chi connectivity index (χ4n) is 1.85. The Morgan fingerprint density at radius 2 is 1.91 bits per heavy atom. The number of rotatable bonds is 7. The molecule has 3 nitrogen and oxygen atoms in total. The summed E-state index contributed by atoms with van der Waals surface area (Å²) < 4.78 is 5.40. The summed E-state index contributed by atoms with van der Waals surface area (Å²) in [5.74, 6) is 1.24. The van der Waals surface area contributed by atoms with Crippen LogP contribution in [0.15, 0.2) is 58.3 Å². The van der Waals surface area contributed by atoms with Crippen molar-refractivity contribution in [1.29, 1.82) is 0 Å². The number of hydrogen-bond donors (Lipinski definition) is 1. The number of anilines is 1. The van der Waals surface area contributed by atoms with Crippen LogP contribution in [-0.2, 0) is 4.79 Å². The Bertz CT molecular complexity index is 614. The van der Waals surface area contributed by atoms with E-state index in [1.807, 2.05) is 61.7 Å². The quantitative estimate of drug-likeness (QED) is 0.755. The van der Waals surface area contributed by atoms with E-state index in [2.05, 4.69) is 5.32 Å². The van der Waals surface area contributed by atoms with Gasteiger partial charge >= 0.3 is 0 Å². The molecule has 2 aromatic rings. The first-order valence-corrected chi connectivity index (χ1v) is 9.22. The van der Waals surface area contributed by atoms with Gasteiger partial charge < -0.3 is 10.1 Å². The van der Waals surface area contributed by atoms with E-state index in [0.717, 1.165) is 21.2 Å². The summed E-state index contributed by atoms with van der Waals surface area (Å²) in [5, 5.41) is 2.92. The van der Waals surface area contributed by atoms with Gasteiger partial charge in [-0.05, 0) is 55.6 Å². The van der Waals surface area contributed by atoms with Crippen molar-refractivity contribution in [2.24, 2.45) is 0 Å². The number of hydrogen-bond acceptors (Lipinski definition) is 4. The van der Waals surface area contributed by atoms with E-state index >= 15 is 0 Å². The van der Waals surface area contributed by atoms with Crippen LogP contribution in [0.3, 0.4) is 0 Å². The predicted molar refractivity (Wildman–Crippen MR) is 95.2 cm³/mol. The minimum absolute atomic E-state index is 0.00265. The molecule has 0 saturated carbocycles. The van der Waals surface area contributed by atoms with Gasteiger partial charge in [-0.1, -0.05) is 6.07 Å². The van der Waals surface area contributed by atoms with Crippen LogP contribution in [-0.4, -0.2) is 24.5 Å². The van der Waals surface area contributed by atoms with E-state index in [1.165, 1.54) is 11.8 Å². The molecular formula is C17H19NO2S2. The van der Waals surface area contributed by atoms with Crippen LogP contribution in [0.4, 0.5) is 5.69 Å². The number of nitrogens with one attached hydrogen (secondary N) is 1. The van der Waals surface area contributed by atoms with Crippen molar-refractivity contribution in [3.05, 3.63) is 48.5 Å². The summed E-state index contributed by atoms with van der Waals surface area (Å²) in [5.41, 5.74) is 0.837. The summed E-state index contributed by atoms with van der Waals surface area (Å²) in [6, 6.07) is 15.6. The number of amides is 1. The lowest BCUT2D eigenvalue weighted by molar-refractivity contribution is -0.113. The highest BCUT2D eigenvalue weighted by molar-refractivity contribution is 8.00. The zero-order chi connectivity index (χ0) is 15.8. The number of benzene rings is 2. The van der Waals surface area contributed by atoms with Crippen molar-refractivity contribution in [2.75, 3.05) is 23.9 Å². The molecule has 116 valence electrons. The molecule has 1 N–H and O–H groups in total. The summed E-state index contributed by atoms with van der Waals surface area (Å²) in [7, 11) is 0. The molecule has 0 heterocycles. The van der Waals surface area contributed by atoms with Gasteiger partial charge in [-0.2, -0.15) is 0 Å². The van der Waals surface area contributed by atoms with E-state index < -0.39 is 0 Å².